The zero-order valence-electron chi connectivity index (χ0n) is 18.2. The first-order chi connectivity index (χ1) is 13.3. The Labute approximate surface area is 187 Å². The first-order valence-corrected chi connectivity index (χ1v) is 12.4. The Morgan fingerprint density at radius 3 is 1.90 bits per heavy atom. The van der Waals surface area contributed by atoms with Gasteiger partial charge in [0.15, 0.2) is 0 Å². The number of hydrogen-bond donors (Lipinski definition) is 0. The summed E-state index contributed by atoms with van der Waals surface area (Å²) >= 11 is 0. The predicted molar refractivity (Wildman–Crippen MR) is 105 cm³/mol. The summed E-state index contributed by atoms with van der Waals surface area (Å²) in [6, 6.07) is 0. The number of methoxy groups -OCH3 is 1. The Balaban J connectivity index is 0.00000300. The van der Waals surface area contributed by atoms with Gasteiger partial charge in [-0.25, -0.2) is 8.42 Å². The van der Waals surface area contributed by atoms with Crippen molar-refractivity contribution in [3.05, 3.63) is 0 Å². The van der Waals surface area contributed by atoms with Crippen molar-refractivity contribution in [3.63, 3.8) is 0 Å². The molecule has 3 saturated carbocycles. The van der Waals surface area contributed by atoms with Gasteiger partial charge in [0.05, 0.1) is 23.6 Å². The number of Topliss-reactive ketones (excluding diaryl/α,β-unsaturated/α-hetero) is 1. The molecule has 0 amide bonds. The largest absolute Gasteiger partial charge is 1.00 e. The van der Waals surface area contributed by atoms with E-state index in [1.54, 1.807) is 7.11 Å². The Hall–Kier alpha value is 0.0974. The van der Waals surface area contributed by atoms with Crippen LogP contribution in [0.4, 0.5) is 0 Å². The molecular weight excluding hydrogens is 387 g/mol. The summed E-state index contributed by atoms with van der Waals surface area (Å²) in [6.45, 7) is 2.26. The zero-order valence-corrected chi connectivity index (χ0v) is 19.0. The molecule has 162 valence electrons. The van der Waals surface area contributed by atoms with Crippen molar-refractivity contribution in [2.75, 3.05) is 7.11 Å². The minimum absolute atomic E-state index is 0. The van der Waals surface area contributed by atoms with E-state index in [4.69, 9.17) is 9.47 Å². The van der Waals surface area contributed by atoms with Crippen LogP contribution in [0.1, 0.15) is 77.6 Å². The topological polar surface area (TPSA) is 92.7 Å². The first-order valence-electron chi connectivity index (χ1n) is 10.9. The van der Waals surface area contributed by atoms with E-state index in [0.717, 1.165) is 57.3 Å². The fourth-order valence-electron chi connectivity index (χ4n) is 5.35. The van der Waals surface area contributed by atoms with Crippen LogP contribution in [0.25, 0.3) is 0 Å². The maximum atomic E-state index is 12.8. The van der Waals surface area contributed by atoms with Gasteiger partial charge in [-0.15, -0.1) is 0 Å². The Morgan fingerprint density at radius 1 is 0.862 bits per heavy atom. The van der Waals surface area contributed by atoms with Crippen LogP contribution in [0.3, 0.4) is 0 Å². The second kappa shape index (κ2) is 11.1. The summed E-state index contributed by atoms with van der Waals surface area (Å²) in [5, 5.41) is -1.03. The van der Waals surface area contributed by atoms with Gasteiger partial charge in [-0.2, -0.15) is 0 Å². The molecule has 29 heavy (non-hydrogen) atoms. The second-order valence-corrected chi connectivity index (χ2v) is 10.8. The van der Waals surface area contributed by atoms with Crippen molar-refractivity contribution in [1.29, 1.82) is 0 Å². The quantitative estimate of drug-likeness (QED) is 0.456. The number of ether oxygens (including phenoxy) is 2. The van der Waals surface area contributed by atoms with Crippen LogP contribution in [-0.2, 0) is 24.4 Å². The van der Waals surface area contributed by atoms with Gasteiger partial charge in [0.1, 0.15) is 15.9 Å². The Bertz CT molecular complexity index is 623. The molecule has 0 radical (unpaired) electrons. The fraction of sp³-hybridized carbons (Fsp3) is 0.952. The van der Waals surface area contributed by atoms with Gasteiger partial charge in [0.25, 0.3) is 0 Å². The zero-order chi connectivity index (χ0) is 20.3. The fourth-order valence-corrected chi connectivity index (χ4v) is 6.37. The maximum absolute atomic E-state index is 12.8. The average Bonchev–Trinajstić information content (AvgIpc) is 2.68. The van der Waals surface area contributed by atoms with E-state index in [1.807, 2.05) is 0 Å². The van der Waals surface area contributed by atoms with Crippen LogP contribution >= 0.6 is 0 Å². The summed E-state index contributed by atoms with van der Waals surface area (Å²) in [7, 11) is -2.87. The molecule has 0 aromatic rings. The third kappa shape index (κ3) is 6.79. The molecule has 0 aliphatic heterocycles. The molecule has 0 aromatic carbocycles. The molecule has 6 nitrogen and oxygen atoms in total. The van der Waals surface area contributed by atoms with Gasteiger partial charge in [-0.3, -0.25) is 4.79 Å². The third-order valence-electron chi connectivity index (χ3n) is 7.25. The number of carbonyl (C=O) groups is 1. The van der Waals surface area contributed by atoms with Crippen LogP contribution in [0.5, 0.6) is 0 Å². The number of ketones is 1. The van der Waals surface area contributed by atoms with E-state index in [-0.39, 0.29) is 49.3 Å². The van der Waals surface area contributed by atoms with Crippen LogP contribution in [0.15, 0.2) is 0 Å². The number of carbonyl (C=O) groups excluding carboxylic acids is 1. The van der Waals surface area contributed by atoms with Crippen molar-refractivity contribution >= 4 is 15.9 Å². The molecule has 3 atom stereocenters. The van der Waals surface area contributed by atoms with Crippen LogP contribution in [0, 0.1) is 17.8 Å². The molecule has 3 aliphatic rings. The molecule has 0 N–H and O–H groups in total. The van der Waals surface area contributed by atoms with Crippen molar-refractivity contribution in [2.45, 2.75) is 101 Å². The van der Waals surface area contributed by atoms with E-state index < -0.39 is 21.5 Å². The number of rotatable bonds is 6. The standard InChI is InChI=1S/C21H36O6S.Li/c1-14-3-5-15(6-4-14)21(22)16-7-9-17(10-8-16)27-19-12-11-18(26-2)13-20(19)28(23,24)25;/h14-20H,3-13H2,1-2H3,(H,23,24,25);/q;+1/p-1. The molecule has 0 saturated heterocycles. The van der Waals surface area contributed by atoms with Crippen LogP contribution in [-0.4, -0.2) is 49.4 Å². The molecule has 8 heteroatoms. The SMILES string of the molecule is COC1CCC(OC2CCC(C(=O)C3CCC(C)CC3)CC2)C(S(=O)(=O)[O-])C1.[Li+]. The number of hydrogen-bond acceptors (Lipinski definition) is 6. The third-order valence-corrected chi connectivity index (χ3v) is 8.49. The van der Waals surface area contributed by atoms with Crippen molar-refractivity contribution in [1.82, 2.24) is 0 Å². The monoisotopic (exact) mass is 422 g/mol. The van der Waals surface area contributed by atoms with Gasteiger partial charge >= 0.3 is 18.9 Å². The molecule has 0 heterocycles. The minimum Gasteiger partial charge on any atom is -0.748 e. The predicted octanol–water partition coefficient (Wildman–Crippen LogP) is 0.443. The molecule has 3 fully saturated rings. The van der Waals surface area contributed by atoms with Crippen LogP contribution in [0.2, 0.25) is 0 Å². The average molecular weight is 423 g/mol. The summed E-state index contributed by atoms with van der Waals surface area (Å²) in [4.78, 5) is 12.8. The van der Waals surface area contributed by atoms with E-state index in [9.17, 15) is 17.8 Å². The normalized spacial score (nSPS) is 38.8. The second-order valence-electron chi connectivity index (χ2n) is 9.21. The smallest absolute Gasteiger partial charge is 0.748 e. The maximum Gasteiger partial charge on any atom is 1.00 e. The van der Waals surface area contributed by atoms with Gasteiger partial charge < -0.3 is 14.0 Å². The van der Waals surface area contributed by atoms with Crippen molar-refractivity contribution in [3.8, 4) is 0 Å². The van der Waals surface area contributed by atoms with E-state index in [1.165, 1.54) is 0 Å². The summed E-state index contributed by atoms with van der Waals surface area (Å²) in [5.74, 6) is 1.54. The molecular formula is C21H35LiO6S. The molecule has 0 bridgehead atoms. The molecule has 3 rings (SSSR count). The Kier molecular flexibility index (Phi) is 9.71. The van der Waals surface area contributed by atoms with Gasteiger partial charge in [0, 0.05) is 18.9 Å². The molecule has 0 spiro atoms. The molecule has 3 unspecified atom stereocenters. The van der Waals surface area contributed by atoms with Crippen LogP contribution < -0.4 is 18.9 Å². The Morgan fingerprint density at radius 2 is 1.38 bits per heavy atom. The van der Waals surface area contributed by atoms with E-state index in [0.29, 0.717) is 18.6 Å². The summed E-state index contributed by atoms with van der Waals surface area (Å²) in [5.41, 5.74) is 0. The van der Waals surface area contributed by atoms with Gasteiger partial charge in [-0.05, 0) is 63.7 Å². The summed E-state index contributed by atoms with van der Waals surface area (Å²) in [6.07, 6.45) is 8.21. The molecule has 3 aliphatic carbocycles. The van der Waals surface area contributed by atoms with Gasteiger partial charge in [0.2, 0.25) is 0 Å². The van der Waals surface area contributed by atoms with E-state index >= 15 is 0 Å². The van der Waals surface area contributed by atoms with Crippen molar-refractivity contribution < 1.29 is 46.1 Å². The van der Waals surface area contributed by atoms with Gasteiger partial charge in [-0.1, -0.05) is 19.8 Å². The minimum atomic E-state index is -4.42. The molecule has 0 aromatic heterocycles. The summed E-state index contributed by atoms with van der Waals surface area (Å²) < 4.78 is 46.5. The van der Waals surface area contributed by atoms with Crippen molar-refractivity contribution in [2.24, 2.45) is 17.8 Å². The first kappa shape index (κ1) is 25.4. The van der Waals surface area contributed by atoms with E-state index in [2.05, 4.69) is 6.92 Å².